The summed E-state index contributed by atoms with van der Waals surface area (Å²) in [4.78, 5) is 5.34. The van der Waals surface area contributed by atoms with Crippen LogP contribution in [-0.4, -0.2) is 31.2 Å². The van der Waals surface area contributed by atoms with Crippen molar-refractivity contribution >= 4 is 11.3 Å². The molecule has 1 fully saturated rings. The van der Waals surface area contributed by atoms with Crippen LogP contribution in [0.3, 0.4) is 0 Å². The summed E-state index contributed by atoms with van der Waals surface area (Å²) in [6.45, 7) is 7.05. The maximum Gasteiger partial charge on any atom is 0.0594 e. The highest BCUT2D eigenvalue weighted by atomic mass is 32.1. The third kappa shape index (κ3) is 3.11. The Balaban J connectivity index is 1.83. The molecule has 0 unspecified atom stereocenters. The van der Waals surface area contributed by atoms with Gasteiger partial charge in [-0.05, 0) is 29.7 Å². The van der Waals surface area contributed by atoms with E-state index in [1.807, 2.05) is 11.3 Å². The van der Waals surface area contributed by atoms with Crippen LogP contribution in [0.1, 0.15) is 17.4 Å². The highest BCUT2D eigenvalue weighted by Gasteiger charge is 2.14. The molecule has 2 heterocycles. The average molecular weight is 287 g/mol. The molecule has 1 aliphatic heterocycles. The predicted molar refractivity (Wildman–Crippen MR) is 85.2 cm³/mol. The molecule has 1 saturated heterocycles. The Bertz CT molecular complexity index is 558. The van der Waals surface area contributed by atoms with E-state index in [1.54, 1.807) is 0 Å². The van der Waals surface area contributed by atoms with Gasteiger partial charge in [0.2, 0.25) is 0 Å². The smallest absolute Gasteiger partial charge is 0.0594 e. The van der Waals surface area contributed by atoms with E-state index in [-0.39, 0.29) is 0 Å². The van der Waals surface area contributed by atoms with Gasteiger partial charge in [-0.3, -0.25) is 4.90 Å². The Labute approximate surface area is 125 Å². The Morgan fingerprint density at radius 2 is 1.90 bits per heavy atom. The normalized spacial score (nSPS) is 16.4. The van der Waals surface area contributed by atoms with Gasteiger partial charge in [-0.2, -0.15) is 0 Å². The number of nitrogens with zero attached hydrogens (tertiary/aromatic N) is 1. The third-order valence-electron chi connectivity index (χ3n) is 3.79. The molecule has 1 aliphatic rings. The first-order valence-corrected chi connectivity index (χ1v) is 8.15. The molecule has 0 saturated carbocycles. The topological polar surface area (TPSA) is 12.5 Å². The van der Waals surface area contributed by atoms with Gasteiger partial charge in [0, 0.05) is 29.4 Å². The summed E-state index contributed by atoms with van der Waals surface area (Å²) in [5.41, 5.74) is 2.82. The summed E-state index contributed by atoms with van der Waals surface area (Å²) in [5.74, 6) is 0. The van der Waals surface area contributed by atoms with Gasteiger partial charge in [-0.1, -0.05) is 31.2 Å². The zero-order valence-electron chi connectivity index (χ0n) is 12.0. The van der Waals surface area contributed by atoms with Gasteiger partial charge in [0.1, 0.15) is 0 Å². The molecule has 1 aromatic heterocycles. The fourth-order valence-electron chi connectivity index (χ4n) is 2.61. The quantitative estimate of drug-likeness (QED) is 0.848. The summed E-state index contributed by atoms with van der Waals surface area (Å²) >= 11 is 1.92. The largest absolute Gasteiger partial charge is 0.379 e. The van der Waals surface area contributed by atoms with Crippen molar-refractivity contribution in [1.29, 1.82) is 0 Å². The SMILES string of the molecule is CCc1ccc(-c2ccccc2CN2CCOCC2)s1. The van der Waals surface area contributed by atoms with Gasteiger partial charge in [-0.25, -0.2) is 0 Å². The number of ether oxygens (including phenoxy) is 1. The predicted octanol–water partition coefficient (Wildman–Crippen LogP) is 3.81. The Hall–Kier alpha value is -1.16. The third-order valence-corrected chi connectivity index (χ3v) is 5.05. The molecule has 0 amide bonds. The van der Waals surface area contributed by atoms with Gasteiger partial charge >= 0.3 is 0 Å². The summed E-state index contributed by atoms with van der Waals surface area (Å²) in [6.07, 6.45) is 1.12. The van der Waals surface area contributed by atoms with Crippen molar-refractivity contribution in [3.05, 3.63) is 46.8 Å². The van der Waals surface area contributed by atoms with Gasteiger partial charge in [0.05, 0.1) is 13.2 Å². The number of morpholine rings is 1. The standard InChI is InChI=1S/C17H21NOS/c1-2-15-7-8-17(20-15)16-6-4-3-5-14(16)13-18-9-11-19-12-10-18/h3-8H,2,9-13H2,1H3. The van der Waals surface area contributed by atoms with Crippen molar-refractivity contribution in [3.63, 3.8) is 0 Å². The van der Waals surface area contributed by atoms with Crippen molar-refractivity contribution in [1.82, 2.24) is 4.90 Å². The minimum Gasteiger partial charge on any atom is -0.379 e. The maximum absolute atomic E-state index is 5.43. The van der Waals surface area contributed by atoms with Crippen LogP contribution in [0, 0.1) is 0 Å². The van der Waals surface area contributed by atoms with E-state index in [0.29, 0.717) is 0 Å². The molecule has 0 bridgehead atoms. The van der Waals surface area contributed by atoms with Gasteiger partial charge < -0.3 is 4.74 Å². The molecule has 0 spiro atoms. The number of benzene rings is 1. The first-order valence-electron chi connectivity index (χ1n) is 7.34. The minimum absolute atomic E-state index is 0.862. The molecule has 2 aromatic rings. The summed E-state index contributed by atoms with van der Waals surface area (Å²) < 4.78 is 5.43. The van der Waals surface area contributed by atoms with Crippen LogP contribution in [-0.2, 0) is 17.7 Å². The van der Waals surface area contributed by atoms with E-state index in [4.69, 9.17) is 4.74 Å². The van der Waals surface area contributed by atoms with Crippen LogP contribution in [0.4, 0.5) is 0 Å². The summed E-state index contributed by atoms with van der Waals surface area (Å²) in [7, 11) is 0. The van der Waals surface area contributed by atoms with Crippen LogP contribution >= 0.6 is 11.3 Å². The molecule has 2 nitrogen and oxygen atoms in total. The van der Waals surface area contributed by atoms with Crippen molar-refractivity contribution in [2.24, 2.45) is 0 Å². The van der Waals surface area contributed by atoms with Crippen LogP contribution in [0.5, 0.6) is 0 Å². The van der Waals surface area contributed by atoms with Gasteiger partial charge in [-0.15, -0.1) is 11.3 Å². The molecule has 0 aliphatic carbocycles. The molecule has 3 rings (SSSR count). The lowest BCUT2D eigenvalue weighted by atomic mass is 10.1. The van der Waals surface area contributed by atoms with E-state index >= 15 is 0 Å². The Morgan fingerprint density at radius 1 is 1.10 bits per heavy atom. The van der Waals surface area contributed by atoms with Crippen molar-refractivity contribution in [3.8, 4) is 10.4 Å². The number of thiophene rings is 1. The first-order chi connectivity index (χ1) is 9.86. The second kappa shape index (κ2) is 6.53. The fraction of sp³-hybridized carbons (Fsp3) is 0.412. The lowest BCUT2D eigenvalue weighted by molar-refractivity contribution is 0.0342. The zero-order chi connectivity index (χ0) is 13.8. The summed E-state index contributed by atoms with van der Waals surface area (Å²) in [6, 6.07) is 13.3. The molecule has 20 heavy (non-hydrogen) atoms. The first kappa shape index (κ1) is 13.8. The van der Waals surface area contributed by atoms with E-state index in [1.165, 1.54) is 20.9 Å². The molecule has 3 heteroatoms. The molecule has 1 aromatic carbocycles. The van der Waals surface area contributed by atoms with E-state index < -0.39 is 0 Å². The monoisotopic (exact) mass is 287 g/mol. The van der Waals surface area contributed by atoms with Crippen LogP contribution < -0.4 is 0 Å². The highest BCUT2D eigenvalue weighted by Crippen LogP contribution is 2.31. The second-order valence-corrected chi connectivity index (χ2v) is 6.33. The molecule has 0 N–H and O–H groups in total. The van der Waals surface area contributed by atoms with Crippen molar-refractivity contribution in [2.45, 2.75) is 19.9 Å². The molecule has 0 radical (unpaired) electrons. The van der Waals surface area contributed by atoms with Gasteiger partial charge in [0.25, 0.3) is 0 Å². The number of rotatable bonds is 4. The molecule has 106 valence electrons. The number of hydrogen-bond donors (Lipinski definition) is 0. The van der Waals surface area contributed by atoms with E-state index in [0.717, 1.165) is 39.3 Å². The van der Waals surface area contributed by atoms with Crippen molar-refractivity contribution in [2.75, 3.05) is 26.3 Å². The van der Waals surface area contributed by atoms with Crippen LogP contribution in [0.15, 0.2) is 36.4 Å². The Morgan fingerprint density at radius 3 is 2.65 bits per heavy atom. The van der Waals surface area contributed by atoms with E-state index in [9.17, 15) is 0 Å². The molecular formula is C17H21NOS. The average Bonchev–Trinajstić information content (AvgIpc) is 2.98. The lowest BCUT2D eigenvalue weighted by Crippen LogP contribution is -2.35. The highest BCUT2D eigenvalue weighted by molar-refractivity contribution is 7.15. The van der Waals surface area contributed by atoms with Crippen LogP contribution in [0.25, 0.3) is 10.4 Å². The van der Waals surface area contributed by atoms with Crippen LogP contribution in [0.2, 0.25) is 0 Å². The van der Waals surface area contributed by atoms with Gasteiger partial charge in [0.15, 0.2) is 0 Å². The van der Waals surface area contributed by atoms with E-state index in [2.05, 4.69) is 48.2 Å². The minimum atomic E-state index is 0.862. The second-order valence-electron chi connectivity index (χ2n) is 5.17. The lowest BCUT2D eigenvalue weighted by Gasteiger charge is -2.27. The Kier molecular flexibility index (Phi) is 4.51. The number of hydrogen-bond acceptors (Lipinski definition) is 3. The summed E-state index contributed by atoms with van der Waals surface area (Å²) in [5, 5.41) is 0. The maximum atomic E-state index is 5.43. The number of aryl methyl sites for hydroxylation is 1. The van der Waals surface area contributed by atoms with Crippen molar-refractivity contribution < 1.29 is 4.74 Å². The molecule has 0 atom stereocenters. The zero-order valence-corrected chi connectivity index (χ0v) is 12.8. The fourth-order valence-corrected chi connectivity index (χ4v) is 3.62. The molecular weight excluding hydrogens is 266 g/mol.